The predicted octanol–water partition coefficient (Wildman–Crippen LogP) is 1.14. The number of guanidine groups is 1. The van der Waals surface area contributed by atoms with Gasteiger partial charge in [-0.15, -0.1) is 0 Å². The van der Waals surface area contributed by atoms with Gasteiger partial charge in [0.05, 0.1) is 6.21 Å². The van der Waals surface area contributed by atoms with Gasteiger partial charge in [-0.25, -0.2) is 5.41 Å². The fraction of sp³-hybridized carbons (Fsp3) is 0.444. The summed E-state index contributed by atoms with van der Waals surface area (Å²) >= 11 is 0. The number of allylic oxidation sites excluding steroid dienone is 1. The van der Waals surface area contributed by atoms with Crippen molar-refractivity contribution in [1.82, 2.24) is 0 Å². The molecule has 15 heavy (non-hydrogen) atoms. The van der Waals surface area contributed by atoms with Crippen LogP contribution < -0.4 is 5.73 Å². The lowest BCUT2D eigenvalue weighted by Crippen LogP contribution is -2.52. The van der Waals surface area contributed by atoms with Crippen molar-refractivity contribution in [2.75, 3.05) is 0 Å². The highest BCUT2D eigenvalue weighted by Gasteiger charge is 2.45. The molecule has 0 aliphatic carbocycles. The van der Waals surface area contributed by atoms with Gasteiger partial charge in [0.15, 0.2) is 0 Å². The summed E-state index contributed by atoms with van der Waals surface area (Å²) in [7, 11) is 0. The lowest BCUT2D eigenvalue weighted by molar-refractivity contribution is -0.718. The van der Waals surface area contributed by atoms with Gasteiger partial charge in [0, 0.05) is 6.08 Å². The minimum absolute atomic E-state index is 0.394. The van der Waals surface area contributed by atoms with Crippen LogP contribution in [0.3, 0.4) is 0 Å². The zero-order valence-electron chi connectivity index (χ0n) is 9.02. The first kappa shape index (κ1) is 11.4. The molecule has 0 spiro atoms. The lowest BCUT2D eigenvalue weighted by atomic mass is 10.2. The van der Waals surface area contributed by atoms with Crippen molar-refractivity contribution >= 4 is 18.3 Å². The molecule has 0 radical (unpaired) electrons. The van der Waals surface area contributed by atoms with E-state index in [-0.39, 0.29) is 0 Å². The molecule has 82 valence electrons. The van der Waals surface area contributed by atoms with Crippen LogP contribution in [0.1, 0.15) is 20.8 Å². The zero-order chi connectivity index (χ0) is 11.7. The second kappa shape index (κ2) is 3.47. The summed E-state index contributed by atoms with van der Waals surface area (Å²) in [4.78, 5) is 11.8. The van der Waals surface area contributed by atoms with E-state index in [1.807, 2.05) is 0 Å². The Morgan fingerprint density at radius 2 is 2.13 bits per heavy atom. The Labute approximate surface area is 88.1 Å². The molecule has 1 aliphatic heterocycles. The first-order valence-electron chi connectivity index (χ1n) is 4.48. The smallest absolute Gasteiger partial charge is 0.412 e. The maximum absolute atomic E-state index is 11.8. The third-order valence-electron chi connectivity index (χ3n) is 1.68. The van der Waals surface area contributed by atoms with E-state index >= 15 is 0 Å². The summed E-state index contributed by atoms with van der Waals surface area (Å²) in [6.07, 6.45) is 3.67. The van der Waals surface area contributed by atoms with E-state index in [9.17, 15) is 4.79 Å². The number of rotatable bonds is 0. The number of nitrogens with one attached hydrogen (secondary N) is 1. The number of hydrogen-bond acceptors (Lipinski definition) is 4. The summed E-state index contributed by atoms with van der Waals surface area (Å²) in [5, 5.41) is 11.2. The van der Waals surface area contributed by atoms with Gasteiger partial charge in [-0.05, 0) is 25.4 Å². The molecule has 6 heteroatoms. The molecule has 6 nitrogen and oxygen atoms in total. The molecular formula is C9H15N4O2+. The highest BCUT2D eigenvalue weighted by Crippen LogP contribution is 2.19. The summed E-state index contributed by atoms with van der Waals surface area (Å²) in [5.41, 5.74) is 4.71. The van der Waals surface area contributed by atoms with Gasteiger partial charge < -0.3 is 10.5 Å². The number of nitrogens with zero attached hydrogens (tertiary/aromatic N) is 2. The van der Waals surface area contributed by atoms with Crippen LogP contribution in [0, 0.1) is 5.41 Å². The van der Waals surface area contributed by atoms with Gasteiger partial charge in [0.1, 0.15) is 11.8 Å². The Morgan fingerprint density at radius 1 is 1.53 bits per heavy atom. The fourth-order valence-electron chi connectivity index (χ4n) is 1.03. The second-order valence-corrected chi connectivity index (χ2v) is 4.16. The van der Waals surface area contributed by atoms with Crippen molar-refractivity contribution in [2.24, 2.45) is 10.8 Å². The van der Waals surface area contributed by atoms with Crippen LogP contribution in [-0.4, -0.2) is 28.5 Å². The molecule has 0 fully saturated rings. The Balaban J connectivity index is 2.94. The third kappa shape index (κ3) is 2.21. The van der Waals surface area contributed by atoms with Crippen LogP contribution in [0.15, 0.2) is 17.4 Å². The van der Waals surface area contributed by atoms with E-state index in [4.69, 9.17) is 15.9 Å². The van der Waals surface area contributed by atoms with E-state index in [1.54, 1.807) is 26.8 Å². The molecule has 1 atom stereocenters. The average molecular weight is 211 g/mol. The zero-order valence-corrected chi connectivity index (χ0v) is 9.02. The van der Waals surface area contributed by atoms with Crippen molar-refractivity contribution in [3.8, 4) is 0 Å². The summed E-state index contributed by atoms with van der Waals surface area (Å²) < 4.78 is 4.39. The molecule has 0 saturated heterocycles. The number of ether oxygens (including phenoxy) is 1. The van der Waals surface area contributed by atoms with E-state index in [2.05, 4.69) is 5.10 Å². The molecule has 1 unspecified atom stereocenters. The molecule has 0 aromatic heterocycles. The van der Waals surface area contributed by atoms with Gasteiger partial charge in [-0.2, -0.15) is 4.79 Å². The molecule has 0 aromatic rings. The first-order chi connectivity index (χ1) is 6.78. The van der Waals surface area contributed by atoms with Gasteiger partial charge >= 0.3 is 12.1 Å². The van der Waals surface area contributed by atoms with Crippen molar-refractivity contribution < 1.29 is 14.1 Å². The van der Waals surface area contributed by atoms with Gasteiger partial charge in [0.2, 0.25) is 0 Å². The SMILES string of the molecule is CC(C)(C)OC(=O)[N+]1(C(=N)N)C=CC=N1. The third-order valence-corrected chi connectivity index (χ3v) is 1.68. The largest absolute Gasteiger partial charge is 0.556 e. The van der Waals surface area contributed by atoms with Crippen LogP contribution in [0.5, 0.6) is 0 Å². The number of nitrogens with two attached hydrogens (primary N) is 1. The number of amides is 1. The molecule has 0 bridgehead atoms. The molecule has 1 rings (SSSR count). The minimum atomic E-state index is -0.739. The normalized spacial score (nSPS) is 24.2. The maximum atomic E-state index is 11.8. The second-order valence-electron chi connectivity index (χ2n) is 4.16. The van der Waals surface area contributed by atoms with Gasteiger partial charge in [0.25, 0.3) is 0 Å². The number of carbonyl (C=O) groups excluding carboxylic acids is 1. The fourth-order valence-corrected chi connectivity index (χ4v) is 1.03. The highest BCUT2D eigenvalue weighted by atomic mass is 16.6. The van der Waals surface area contributed by atoms with Crippen molar-refractivity contribution in [3.63, 3.8) is 0 Å². The van der Waals surface area contributed by atoms with E-state index in [0.29, 0.717) is 0 Å². The van der Waals surface area contributed by atoms with E-state index < -0.39 is 22.2 Å². The monoisotopic (exact) mass is 211 g/mol. The van der Waals surface area contributed by atoms with E-state index in [1.165, 1.54) is 12.4 Å². The molecule has 3 N–H and O–H groups in total. The van der Waals surface area contributed by atoms with Crippen LogP contribution in [0.2, 0.25) is 0 Å². The Kier molecular flexibility index (Phi) is 2.63. The van der Waals surface area contributed by atoms with Crippen LogP contribution in [0.25, 0.3) is 0 Å². The molecule has 0 aromatic carbocycles. The highest BCUT2D eigenvalue weighted by molar-refractivity contribution is 5.85. The Hall–Kier alpha value is -1.69. The van der Waals surface area contributed by atoms with Crippen LogP contribution in [-0.2, 0) is 4.74 Å². The standard InChI is InChI=1S/C9H15N4O2/c1-9(2,3)15-8(14)13(7(10)11)6-4-5-12-13/h4-6H,1-3H3,(H3,10,11)/q+1. The number of quaternary nitrogens is 1. The van der Waals surface area contributed by atoms with Crippen LogP contribution in [0.4, 0.5) is 4.79 Å². The summed E-state index contributed by atoms with van der Waals surface area (Å²) in [5.74, 6) is -0.394. The summed E-state index contributed by atoms with van der Waals surface area (Å²) in [6, 6.07) is 0. The molecule has 1 heterocycles. The van der Waals surface area contributed by atoms with Crippen LogP contribution >= 0.6 is 0 Å². The predicted molar refractivity (Wildman–Crippen MR) is 56.0 cm³/mol. The maximum Gasteiger partial charge on any atom is 0.556 e. The average Bonchev–Trinajstić information content (AvgIpc) is 2.48. The first-order valence-corrected chi connectivity index (χ1v) is 4.48. The molecular weight excluding hydrogens is 196 g/mol. The minimum Gasteiger partial charge on any atom is -0.412 e. The number of hydrogen-bond donors (Lipinski definition) is 2. The molecule has 1 aliphatic rings. The molecule has 0 saturated carbocycles. The van der Waals surface area contributed by atoms with Crippen molar-refractivity contribution in [1.29, 1.82) is 5.41 Å². The van der Waals surface area contributed by atoms with Gasteiger partial charge in [-0.3, -0.25) is 0 Å². The topological polar surface area (TPSA) is 88.5 Å². The van der Waals surface area contributed by atoms with Gasteiger partial charge in [-0.1, -0.05) is 5.10 Å². The Bertz CT molecular complexity index is 340. The summed E-state index contributed by atoms with van der Waals surface area (Å²) in [6.45, 7) is 5.22. The number of carbonyl (C=O) groups is 1. The van der Waals surface area contributed by atoms with Crippen molar-refractivity contribution in [2.45, 2.75) is 26.4 Å². The molecule has 1 amide bonds. The quantitative estimate of drug-likeness (QED) is 0.358. The lowest BCUT2D eigenvalue weighted by Gasteiger charge is -2.24. The Morgan fingerprint density at radius 3 is 2.47 bits per heavy atom. The van der Waals surface area contributed by atoms with Crippen molar-refractivity contribution in [3.05, 3.63) is 12.3 Å². The van der Waals surface area contributed by atoms with E-state index in [0.717, 1.165) is 0 Å².